The van der Waals surface area contributed by atoms with Gasteiger partial charge in [0.15, 0.2) is 0 Å². The Balaban J connectivity index is 3.29. The van der Waals surface area contributed by atoms with E-state index in [0.717, 1.165) is 32.1 Å². The lowest BCUT2D eigenvalue weighted by atomic mass is 10.0. The Kier molecular flexibility index (Phi) is 23.2. The first-order chi connectivity index (χ1) is 14.2. The van der Waals surface area contributed by atoms with Crippen LogP contribution in [-0.4, -0.2) is 23.8 Å². The van der Waals surface area contributed by atoms with Crippen molar-refractivity contribution in [2.45, 2.75) is 155 Å². The molecular weight excluding hydrogens is 360 g/mol. The Bertz CT molecular complexity index is 330. The van der Waals surface area contributed by atoms with Crippen LogP contribution in [0.4, 0.5) is 0 Å². The van der Waals surface area contributed by atoms with E-state index < -0.39 is 0 Å². The quantitative estimate of drug-likeness (QED) is 0.136. The summed E-state index contributed by atoms with van der Waals surface area (Å²) in [5.74, 6) is 0.0155. The molecule has 0 bridgehead atoms. The molecule has 0 saturated carbocycles. The van der Waals surface area contributed by atoms with Crippen molar-refractivity contribution in [2.75, 3.05) is 6.61 Å². The van der Waals surface area contributed by atoms with Crippen molar-refractivity contribution in [3.8, 4) is 0 Å². The summed E-state index contributed by atoms with van der Waals surface area (Å²) in [6.07, 6.45) is 25.5. The molecule has 0 radical (unpaired) electrons. The number of hydrogen-bond acceptors (Lipinski definition) is 3. The van der Waals surface area contributed by atoms with E-state index >= 15 is 0 Å². The van der Waals surface area contributed by atoms with Crippen molar-refractivity contribution in [1.82, 2.24) is 0 Å². The number of ether oxygens (including phenoxy) is 1. The maximum Gasteiger partial charge on any atom is 0.306 e. The lowest BCUT2D eigenvalue weighted by Gasteiger charge is -2.16. The van der Waals surface area contributed by atoms with Crippen LogP contribution >= 0.6 is 0 Å². The van der Waals surface area contributed by atoms with Crippen LogP contribution in [0.5, 0.6) is 0 Å². The van der Waals surface area contributed by atoms with Crippen molar-refractivity contribution in [3.05, 3.63) is 0 Å². The summed E-state index contributed by atoms with van der Waals surface area (Å²) in [4.78, 5) is 12.0. The molecule has 0 amide bonds. The van der Waals surface area contributed by atoms with Crippen molar-refractivity contribution >= 4 is 5.97 Å². The monoisotopic (exact) mass is 412 g/mol. The average Bonchev–Trinajstić information content (AvgIpc) is 2.72. The number of esters is 1. The van der Waals surface area contributed by atoms with Gasteiger partial charge in [0.05, 0.1) is 0 Å². The fourth-order valence-corrected chi connectivity index (χ4v) is 3.89. The number of carbonyl (C=O) groups is 1. The van der Waals surface area contributed by atoms with Crippen LogP contribution in [-0.2, 0) is 9.53 Å². The third-order valence-electron chi connectivity index (χ3n) is 5.92. The topological polar surface area (TPSA) is 46.5 Å². The van der Waals surface area contributed by atoms with Gasteiger partial charge in [0.1, 0.15) is 6.10 Å². The molecule has 0 aromatic rings. The minimum absolute atomic E-state index is 0.0155. The number of unbranched alkanes of at least 4 members (excludes halogenated alkanes) is 16. The molecule has 0 fully saturated rings. The Morgan fingerprint density at radius 2 is 1.10 bits per heavy atom. The van der Waals surface area contributed by atoms with E-state index in [0.29, 0.717) is 13.0 Å². The maximum atomic E-state index is 12.0. The highest BCUT2D eigenvalue weighted by molar-refractivity contribution is 5.69. The zero-order valence-corrected chi connectivity index (χ0v) is 19.9. The summed E-state index contributed by atoms with van der Waals surface area (Å²) in [5, 5.41) is 8.74. The first-order valence-electron chi connectivity index (χ1n) is 13.0. The van der Waals surface area contributed by atoms with Gasteiger partial charge in [-0.3, -0.25) is 4.79 Å². The first-order valence-corrected chi connectivity index (χ1v) is 13.0. The number of aliphatic hydroxyl groups is 1. The average molecular weight is 413 g/mol. The molecule has 3 heteroatoms. The van der Waals surface area contributed by atoms with Crippen molar-refractivity contribution < 1.29 is 14.6 Å². The SMILES string of the molecule is CCCCC[C@@H](CC)OC(=O)CCCCCCCCCCCCCCCCCO. The van der Waals surface area contributed by atoms with Gasteiger partial charge in [-0.1, -0.05) is 110 Å². The molecule has 1 atom stereocenters. The summed E-state index contributed by atoms with van der Waals surface area (Å²) in [6.45, 7) is 4.67. The van der Waals surface area contributed by atoms with Gasteiger partial charge in [0.25, 0.3) is 0 Å². The molecule has 0 heterocycles. The molecule has 0 spiro atoms. The lowest BCUT2D eigenvalue weighted by Crippen LogP contribution is -2.17. The molecule has 0 unspecified atom stereocenters. The molecule has 29 heavy (non-hydrogen) atoms. The standard InChI is InChI=1S/C26H52O3/c1-3-5-19-22-25(4-2)29-26(28)23-20-17-15-13-11-9-7-6-8-10-12-14-16-18-21-24-27/h25,27H,3-24H2,1-2H3/t25-/m1/s1. The summed E-state index contributed by atoms with van der Waals surface area (Å²) in [6, 6.07) is 0. The van der Waals surface area contributed by atoms with Gasteiger partial charge >= 0.3 is 5.97 Å². The van der Waals surface area contributed by atoms with Gasteiger partial charge in [-0.05, 0) is 32.1 Å². The number of aliphatic hydroxyl groups excluding tert-OH is 1. The molecule has 0 aliphatic carbocycles. The van der Waals surface area contributed by atoms with E-state index in [-0.39, 0.29) is 12.1 Å². The molecule has 174 valence electrons. The zero-order chi connectivity index (χ0) is 21.4. The Morgan fingerprint density at radius 1 is 0.655 bits per heavy atom. The van der Waals surface area contributed by atoms with E-state index in [1.165, 1.54) is 96.3 Å². The molecule has 1 N–H and O–H groups in total. The Morgan fingerprint density at radius 3 is 1.52 bits per heavy atom. The van der Waals surface area contributed by atoms with E-state index in [1.807, 2.05) is 0 Å². The predicted octanol–water partition coefficient (Wildman–Crippen LogP) is 8.12. The molecule has 0 aliphatic heterocycles. The minimum Gasteiger partial charge on any atom is -0.462 e. The van der Waals surface area contributed by atoms with Gasteiger partial charge < -0.3 is 9.84 Å². The fraction of sp³-hybridized carbons (Fsp3) is 0.962. The van der Waals surface area contributed by atoms with Crippen LogP contribution < -0.4 is 0 Å². The normalized spacial score (nSPS) is 12.2. The summed E-state index contributed by atoms with van der Waals surface area (Å²) < 4.78 is 5.62. The molecule has 0 rings (SSSR count). The first kappa shape index (κ1) is 28.4. The van der Waals surface area contributed by atoms with Crippen molar-refractivity contribution in [3.63, 3.8) is 0 Å². The van der Waals surface area contributed by atoms with E-state index in [1.54, 1.807) is 0 Å². The van der Waals surface area contributed by atoms with Crippen LogP contribution in [0.3, 0.4) is 0 Å². The van der Waals surface area contributed by atoms with Crippen molar-refractivity contribution in [2.24, 2.45) is 0 Å². The molecule has 0 aromatic carbocycles. The molecule has 3 nitrogen and oxygen atoms in total. The van der Waals surface area contributed by atoms with Gasteiger partial charge in [0, 0.05) is 13.0 Å². The number of carbonyl (C=O) groups excluding carboxylic acids is 1. The second kappa shape index (κ2) is 23.7. The van der Waals surface area contributed by atoms with Crippen LogP contribution in [0.15, 0.2) is 0 Å². The highest BCUT2D eigenvalue weighted by Crippen LogP contribution is 2.15. The van der Waals surface area contributed by atoms with Gasteiger partial charge in [0.2, 0.25) is 0 Å². The van der Waals surface area contributed by atoms with Gasteiger partial charge in [-0.15, -0.1) is 0 Å². The summed E-state index contributed by atoms with van der Waals surface area (Å²) in [5.41, 5.74) is 0. The maximum absolute atomic E-state index is 12.0. The minimum atomic E-state index is 0.0155. The molecule has 0 aromatic heterocycles. The smallest absolute Gasteiger partial charge is 0.306 e. The highest BCUT2D eigenvalue weighted by Gasteiger charge is 2.11. The largest absolute Gasteiger partial charge is 0.462 e. The van der Waals surface area contributed by atoms with Crippen molar-refractivity contribution in [1.29, 1.82) is 0 Å². The number of hydrogen-bond donors (Lipinski definition) is 1. The Labute approximate surface area is 182 Å². The molecule has 0 aliphatic rings. The third-order valence-corrected chi connectivity index (χ3v) is 5.92. The van der Waals surface area contributed by atoms with Crippen LogP contribution in [0.25, 0.3) is 0 Å². The third kappa shape index (κ3) is 21.9. The van der Waals surface area contributed by atoms with E-state index in [4.69, 9.17) is 9.84 Å². The van der Waals surface area contributed by atoms with Crippen LogP contribution in [0, 0.1) is 0 Å². The fourth-order valence-electron chi connectivity index (χ4n) is 3.89. The molecule has 0 saturated heterocycles. The lowest BCUT2D eigenvalue weighted by molar-refractivity contribution is -0.149. The summed E-state index contributed by atoms with van der Waals surface area (Å²) >= 11 is 0. The van der Waals surface area contributed by atoms with E-state index in [2.05, 4.69) is 13.8 Å². The molecular formula is C26H52O3. The Hall–Kier alpha value is -0.570. The van der Waals surface area contributed by atoms with E-state index in [9.17, 15) is 4.79 Å². The number of rotatable bonds is 23. The van der Waals surface area contributed by atoms with Gasteiger partial charge in [-0.2, -0.15) is 0 Å². The highest BCUT2D eigenvalue weighted by atomic mass is 16.5. The zero-order valence-electron chi connectivity index (χ0n) is 19.9. The van der Waals surface area contributed by atoms with Gasteiger partial charge in [-0.25, -0.2) is 0 Å². The predicted molar refractivity (Wildman–Crippen MR) is 125 cm³/mol. The van der Waals surface area contributed by atoms with Crippen LogP contribution in [0.2, 0.25) is 0 Å². The second-order valence-electron chi connectivity index (χ2n) is 8.79. The second-order valence-corrected chi connectivity index (χ2v) is 8.79. The summed E-state index contributed by atoms with van der Waals surface area (Å²) in [7, 11) is 0. The van der Waals surface area contributed by atoms with Crippen LogP contribution in [0.1, 0.15) is 149 Å².